The van der Waals surface area contributed by atoms with Gasteiger partial charge in [0.15, 0.2) is 6.29 Å². The number of ether oxygens (including phenoxy) is 2. The van der Waals surface area contributed by atoms with Crippen LogP contribution in [0, 0.1) is 5.82 Å². The zero-order chi connectivity index (χ0) is 30.1. The number of halogens is 4. The zero-order valence-corrected chi connectivity index (χ0v) is 24.6. The number of aliphatic imine (C=N–C) groups is 2. The number of amidine groups is 1. The fourth-order valence-corrected chi connectivity index (χ4v) is 3.96. The van der Waals surface area contributed by atoms with E-state index in [0.717, 1.165) is 23.6 Å². The van der Waals surface area contributed by atoms with Crippen molar-refractivity contribution >= 4 is 30.4 Å². The number of nitrogens with zero attached hydrogens (tertiary/aromatic N) is 2. The molecule has 0 amide bonds. The molecule has 1 heterocycles. The lowest BCUT2D eigenvalue weighted by Crippen LogP contribution is -2.39. The van der Waals surface area contributed by atoms with E-state index in [-0.39, 0.29) is 11.6 Å². The third kappa shape index (κ3) is 10.7. The second-order valence-electron chi connectivity index (χ2n) is 8.35. The predicted octanol–water partition coefficient (Wildman–Crippen LogP) is 6.34. The third-order valence-corrected chi connectivity index (χ3v) is 6.25. The van der Waals surface area contributed by atoms with Crippen molar-refractivity contribution < 1.29 is 32.5 Å². The summed E-state index contributed by atoms with van der Waals surface area (Å²) in [6.45, 7) is 12.8. The number of rotatable bonds is 11. The van der Waals surface area contributed by atoms with Crippen LogP contribution >= 0.6 is 11.6 Å². The highest BCUT2D eigenvalue weighted by Gasteiger charge is 2.35. The van der Waals surface area contributed by atoms with Crippen LogP contribution in [0.3, 0.4) is 0 Å². The average Bonchev–Trinajstić information content (AvgIpc) is 2.97. The molecule has 1 atom stereocenters. The lowest BCUT2D eigenvalue weighted by molar-refractivity contribution is -0.139. The lowest BCUT2D eigenvalue weighted by atomic mass is 9.96. The predicted molar refractivity (Wildman–Crippen MR) is 151 cm³/mol. The Bertz CT molecular complexity index is 952. The Hall–Kier alpha value is -2.27. The second kappa shape index (κ2) is 18.9. The molecule has 7 nitrogen and oxygen atoms in total. The number of carbonyl (C=O) groups excluding carboxylic acids is 1. The lowest BCUT2D eigenvalue weighted by Gasteiger charge is -2.30. The Morgan fingerprint density at radius 1 is 1.31 bits per heavy atom. The number of benzene rings is 1. The summed E-state index contributed by atoms with van der Waals surface area (Å²) in [7, 11) is 1.57. The molecule has 1 fully saturated rings. The molecule has 0 spiro atoms. The minimum atomic E-state index is -3.66. The minimum Gasteiger partial charge on any atom is -0.390 e. The number of hydrogen-bond donors (Lipinski definition) is 2. The average molecular weight is 578 g/mol. The largest absolute Gasteiger partial charge is 0.390 e. The molecule has 11 heteroatoms. The standard InChI is InChI=1S/C19H25ClF3N3O.C7H12O3.C2H6/c1-5-13(16(6-2)24-4)18(25-11-20)26-12(3)14-8-7-9-15(17(14)21)19(22,23)10-27;1-9-7(6-8)2-4-10-5-3-7;1-2/h7-9,12,27H,4-6,10-11H2,1-3H3,(H,25,26);6H,2-5H2,1H3;1-2H3/b16-13-;;. The highest BCUT2D eigenvalue weighted by molar-refractivity contribution is 6.18. The Labute approximate surface area is 235 Å². The molecule has 39 heavy (non-hydrogen) atoms. The van der Waals surface area contributed by atoms with E-state index in [1.807, 2.05) is 27.7 Å². The molecule has 0 bridgehead atoms. The molecule has 0 saturated carbocycles. The van der Waals surface area contributed by atoms with Crippen LogP contribution in [0.2, 0.25) is 0 Å². The van der Waals surface area contributed by atoms with Crippen molar-refractivity contribution in [2.45, 2.75) is 77.9 Å². The molecule has 1 aliphatic rings. The van der Waals surface area contributed by atoms with Gasteiger partial charge in [0.05, 0.1) is 11.6 Å². The third-order valence-electron chi connectivity index (χ3n) is 6.13. The number of nitrogens with one attached hydrogen (secondary N) is 1. The quantitative estimate of drug-likeness (QED) is 0.105. The maximum atomic E-state index is 14.7. The summed E-state index contributed by atoms with van der Waals surface area (Å²) in [6.07, 6.45) is 3.47. The van der Waals surface area contributed by atoms with E-state index in [1.165, 1.54) is 12.1 Å². The highest BCUT2D eigenvalue weighted by Crippen LogP contribution is 2.32. The first-order valence-corrected chi connectivity index (χ1v) is 13.6. The number of alkyl halides is 3. The molecule has 0 aromatic heterocycles. The molecule has 0 aliphatic carbocycles. The number of allylic oxidation sites excluding steroid dienone is 1. The van der Waals surface area contributed by atoms with Gasteiger partial charge in [-0.15, -0.1) is 11.6 Å². The van der Waals surface area contributed by atoms with Crippen LogP contribution in [-0.2, 0) is 20.2 Å². The number of aldehydes is 1. The summed E-state index contributed by atoms with van der Waals surface area (Å²) in [5, 5.41) is 11.9. The van der Waals surface area contributed by atoms with E-state index < -0.39 is 35.6 Å². The minimum absolute atomic E-state index is 0.0300. The molecule has 2 N–H and O–H groups in total. The molecule has 2 rings (SSSR count). The smallest absolute Gasteiger partial charge is 0.298 e. The van der Waals surface area contributed by atoms with Gasteiger partial charge in [-0.05, 0) is 32.5 Å². The van der Waals surface area contributed by atoms with Gasteiger partial charge in [-0.3, -0.25) is 9.98 Å². The van der Waals surface area contributed by atoms with Crippen LogP contribution in [0.4, 0.5) is 13.2 Å². The Morgan fingerprint density at radius 3 is 2.33 bits per heavy atom. The number of aliphatic hydroxyl groups excluding tert-OH is 1. The molecule has 1 saturated heterocycles. The Kier molecular flexibility index (Phi) is 17.8. The summed E-state index contributed by atoms with van der Waals surface area (Å²) < 4.78 is 52.4. The molecule has 0 radical (unpaired) electrons. The first kappa shape index (κ1) is 36.7. The van der Waals surface area contributed by atoms with E-state index in [0.29, 0.717) is 44.7 Å². The maximum absolute atomic E-state index is 14.7. The molecule has 222 valence electrons. The summed E-state index contributed by atoms with van der Waals surface area (Å²) >= 11 is 5.76. The molecular weight excluding hydrogens is 535 g/mol. The van der Waals surface area contributed by atoms with Crippen LogP contribution in [0.15, 0.2) is 39.5 Å². The Morgan fingerprint density at radius 2 is 1.92 bits per heavy atom. The van der Waals surface area contributed by atoms with Crippen LogP contribution in [0.25, 0.3) is 0 Å². The van der Waals surface area contributed by atoms with Crippen LogP contribution in [0.5, 0.6) is 0 Å². The van der Waals surface area contributed by atoms with E-state index in [4.69, 9.17) is 26.2 Å². The van der Waals surface area contributed by atoms with Gasteiger partial charge in [-0.2, -0.15) is 8.78 Å². The summed E-state index contributed by atoms with van der Waals surface area (Å²) in [5.74, 6) is -4.31. The van der Waals surface area contributed by atoms with Crippen LogP contribution in [-0.4, -0.2) is 62.5 Å². The van der Waals surface area contributed by atoms with E-state index in [2.05, 4.69) is 22.0 Å². The molecule has 1 aromatic rings. The van der Waals surface area contributed by atoms with Gasteiger partial charge in [0.2, 0.25) is 0 Å². The van der Waals surface area contributed by atoms with Gasteiger partial charge in [0, 0.05) is 50.0 Å². The monoisotopic (exact) mass is 577 g/mol. The number of aliphatic hydroxyl groups is 1. The van der Waals surface area contributed by atoms with Crippen molar-refractivity contribution in [3.05, 3.63) is 46.4 Å². The topological polar surface area (TPSA) is 92.5 Å². The van der Waals surface area contributed by atoms with E-state index in [9.17, 15) is 18.0 Å². The first-order valence-electron chi connectivity index (χ1n) is 13.0. The van der Waals surface area contributed by atoms with E-state index in [1.54, 1.807) is 14.0 Å². The van der Waals surface area contributed by atoms with Crippen LogP contribution < -0.4 is 5.32 Å². The molecular formula is C28H43ClF3N3O4. The number of methoxy groups -OCH3 is 1. The normalized spacial score (nSPS) is 16.4. The van der Waals surface area contributed by atoms with Gasteiger partial charge in [-0.1, -0.05) is 39.8 Å². The molecule has 1 aliphatic heterocycles. The van der Waals surface area contributed by atoms with Crippen molar-refractivity contribution in [3.8, 4) is 0 Å². The van der Waals surface area contributed by atoms with Crippen molar-refractivity contribution in [2.24, 2.45) is 9.98 Å². The zero-order valence-electron chi connectivity index (χ0n) is 23.8. The van der Waals surface area contributed by atoms with Crippen LogP contribution in [0.1, 0.15) is 77.5 Å². The maximum Gasteiger partial charge on any atom is 0.298 e. The van der Waals surface area contributed by atoms with Crippen molar-refractivity contribution in [3.63, 3.8) is 0 Å². The van der Waals surface area contributed by atoms with Crippen molar-refractivity contribution in [1.82, 2.24) is 5.32 Å². The molecule has 1 aromatic carbocycles. The highest BCUT2D eigenvalue weighted by atomic mass is 35.5. The summed E-state index contributed by atoms with van der Waals surface area (Å²) in [6, 6.07) is 2.99. The SMILES string of the molecule is C=N/C(CC)=C(CC)\C(=N/CCl)NC(C)c1cccc(C(F)(F)CO)c1F.CC.COC1(C=O)CCOCC1. The Balaban J connectivity index is 0.000000996. The second-order valence-corrected chi connectivity index (χ2v) is 8.59. The number of hydrogen-bond acceptors (Lipinski definition) is 6. The van der Waals surface area contributed by atoms with Crippen molar-refractivity contribution in [1.29, 1.82) is 0 Å². The first-order chi connectivity index (χ1) is 18.6. The van der Waals surface area contributed by atoms with Gasteiger partial charge in [-0.25, -0.2) is 4.39 Å². The van der Waals surface area contributed by atoms with Gasteiger partial charge in [0.1, 0.15) is 29.9 Å². The fraction of sp³-hybridized carbons (Fsp3) is 0.607. The summed E-state index contributed by atoms with van der Waals surface area (Å²) in [4.78, 5) is 18.7. The van der Waals surface area contributed by atoms with E-state index >= 15 is 0 Å². The van der Waals surface area contributed by atoms with Crippen molar-refractivity contribution in [2.75, 3.05) is 32.9 Å². The fourth-order valence-electron chi connectivity index (χ4n) is 3.84. The molecule has 1 unspecified atom stereocenters. The summed E-state index contributed by atoms with van der Waals surface area (Å²) in [5.41, 5.74) is 0.140. The van der Waals surface area contributed by atoms with Gasteiger partial charge < -0.3 is 24.7 Å². The van der Waals surface area contributed by atoms with Gasteiger partial charge in [0.25, 0.3) is 5.92 Å². The number of carbonyl (C=O) groups is 1. The van der Waals surface area contributed by atoms with Gasteiger partial charge >= 0.3 is 0 Å².